The highest BCUT2D eigenvalue weighted by Gasteiger charge is 2.44. The standard InChI is InChI=1S/C8H12NO2/c10-9-5-1-7-3-6(9)4-8(2-5)11-7/h5-8H,1-4H2/q-1. The number of hydrogen-bond donors (Lipinski definition) is 0. The molecule has 0 N–H and O–H groups in total. The summed E-state index contributed by atoms with van der Waals surface area (Å²) in [5.41, 5.74) is 0. The van der Waals surface area contributed by atoms with Gasteiger partial charge in [-0.15, -0.1) is 0 Å². The van der Waals surface area contributed by atoms with Crippen LogP contribution in [-0.2, 0) is 4.74 Å². The Labute approximate surface area is 65.9 Å². The van der Waals surface area contributed by atoms with Crippen LogP contribution in [0, 0.1) is 5.21 Å². The minimum absolute atomic E-state index is 0.297. The third kappa shape index (κ3) is 0.789. The first-order valence-electron chi connectivity index (χ1n) is 4.44. The SMILES string of the molecule is [O-]N1C2CC3CC1CC(C2)O3. The lowest BCUT2D eigenvalue weighted by Crippen LogP contribution is -2.60. The van der Waals surface area contributed by atoms with Gasteiger partial charge in [0.25, 0.3) is 0 Å². The minimum atomic E-state index is 0.297. The van der Waals surface area contributed by atoms with Gasteiger partial charge < -0.3 is 15.0 Å². The Balaban J connectivity index is 1.91. The molecule has 0 radical (unpaired) electrons. The van der Waals surface area contributed by atoms with Gasteiger partial charge in [0.05, 0.1) is 12.2 Å². The molecule has 0 aromatic heterocycles. The molecular weight excluding hydrogens is 142 g/mol. The van der Waals surface area contributed by atoms with Crippen molar-refractivity contribution >= 4 is 0 Å². The third-order valence-corrected chi connectivity index (χ3v) is 3.24. The van der Waals surface area contributed by atoms with Crippen molar-refractivity contribution in [3.05, 3.63) is 5.21 Å². The van der Waals surface area contributed by atoms with E-state index in [0.29, 0.717) is 24.3 Å². The molecule has 4 aliphatic heterocycles. The molecule has 4 fully saturated rings. The van der Waals surface area contributed by atoms with Crippen LogP contribution in [0.1, 0.15) is 25.7 Å². The molecule has 4 bridgehead atoms. The number of rotatable bonds is 0. The van der Waals surface area contributed by atoms with Gasteiger partial charge in [0.1, 0.15) is 0 Å². The van der Waals surface area contributed by atoms with E-state index in [9.17, 15) is 5.21 Å². The molecule has 0 aromatic carbocycles. The first-order chi connectivity index (χ1) is 5.33. The van der Waals surface area contributed by atoms with Crippen molar-refractivity contribution in [3.8, 4) is 0 Å². The maximum absolute atomic E-state index is 11.4. The summed E-state index contributed by atoms with van der Waals surface area (Å²) in [5, 5.41) is 12.8. The average molecular weight is 154 g/mol. The number of piperidine rings is 2. The molecule has 62 valence electrons. The van der Waals surface area contributed by atoms with Crippen molar-refractivity contribution in [3.63, 3.8) is 0 Å². The van der Waals surface area contributed by atoms with E-state index in [4.69, 9.17) is 4.74 Å². The van der Waals surface area contributed by atoms with Crippen LogP contribution in [0.4, 0.5) is 0 Å². The lowest BCUT2D eigenvalue weighted by molar-refractivity contribution is -0.169. The second-order valence-electron chi connectivity index (χ2n) is 3.99. The fourth-order valence-electron chi connectivity index (χ4n) is 2.81. The summed E-state index contributed by atoms with van der Waals surface area (Å²) in [5.74, 6) is 0. The van der Waals surface area contributed by atoms with Crippen molar-refractivity contribution in [1.29, 1.82) is 0 Å². The zero-order valence-electron chi connectivity index (χ0n) is 6.40. The first kappa shape index (κ1) is 6.40. The molecule has 0 amide bonds. The highest BCUT2D eigenvalue weighted by molar-refractivity contribution is 5.00. The summed E-state index contributed by atoms with van der Waals surface area (Å²) < 4.78 is 5.71. The van der Waals surface area contributed by atoms with E-state index in [2.05, 4.69) is 0 Å². The molecule has 0 aromatic rings. The summed E-state index contributed by atoms with van der Waals surface area (Å²) >= 11 is 0. The van der Waals surface area contributed by atoms with Crippen LogP contribution in [0.5, 0.6) is 0 Å². The number of ether oxygens (including phenoxy) is 1. The molecule has 0 saturated carbocycles. The van der Waals surface area contributed by atoms with E-state index in [1.54, 1.807) is 0 Å². The summed E-state index contributed by atoms with van der Waals surface area (Å²) in [7, 11) is 0. The van der Waals surface area contributed by atoms with Crippen LogP contribution < -0.4 is 0 Å². The average Bonchev–Trinajstić information content (AvgIpc) is 1.98. The molecule has 3 nitrogen and oxygen atoms in total. The van der Waals surface area contributed by atoms with Crippen molar-refractivity contribution in [1.82, 2.24) is 5.06 Å². The molecule has 0 aliphatic carbocycles. The van der Waals surface area contributed by atoms with Gasteiger partial charge >= 0.3 is 0 Å². The van der Waals surface area contributed by atoms with Crippen LogP contribution in [-0.4, -0.2) is 29.4 Å². The Morgan fingerprint density at radius 1 is 1.00 bits per heavy atom. The van der Waals surface area contributed by atoms with E-state index in [1.807, 2.05) is 0 Å². The summed E-state index contributed by atoms with van der Waals surface area (Å²) in [4.78, 5) is 0. The largest absolute Gasteiger partial charge is 0.785 e. The summed E-state index contributed by atoms with van der Waals surface area (Å²) in [6.45, 7) is 0. The van der Waals surface area contributed by atoms with Gasteiger partial charge in [-0.3, -0.25) is 0 Å². The van der Waals surface area contributed by atoms with Crippen molar-refractivity contribution in [2.24, 2.45) is 0 Å². The summed E-state index contributed by atoms with van der Waals surface area (Å²) in [6, 6.07) is 0.595. The van der Waals surface area contributed by atoms with Crippen LogP contribution in [0.3, 0.4) is 0 Å². The first-order valence-corrected chi connectivity index (χ1v) is 4.44. The number of hydroxylamine groups is 2. The Bertz CT molecular complexity index is 155. The predicted molar refractivity (Wildman–Crippen MR) is 39.9 cm³/mol. The van der Waals surface area contributed by atoms with Gasteiger partial charge in [-0.2, -0.15) is 0 Å². The Hall–Kier alpha value is -0.120. The normalized spacial score (nSPS) is 55.4. The Morgan fingerprint density at radius 3 is 1.91 bits per heavy atom. The third-order valence-electron chi connectivity index (χ3n) is 3.24. The van der Waals surface area contributed by atoms with E-state index in [0.717, 1.165) is 25.7 Å². The van der Waals surface area contributed by atoms with Crippen molar-refractivity contribution in [2.75, 3.05) is 0 Å². The Kier molecular flexibility index (Phi) is 1.15. The fraction of sp³-hybridized carbons (Fsp3) is 1.00. The topological polar surface area (TPSA) is 35.5 Å². The van der Waals surface area contributed by atoms with Crippen LogP contribution in [0.15, 0.2) is 0 Å². The maximum Gasteiger partial charge on any atom is 0.0608 e. The molecule has 4 rings (SSSR count). The van der Waals surface area contributed by atoms with E-state index in [1.165, 1.54) is 5.06 Å². The highest BCUT2D eigenvalue weighted by Crippen LogP contribution is 2.41. The maximum atomic E-state index is 11.4. The highest BCUT2D eigenvalue weighted by atomic mass is 16.5. The van der Waals surface area contributed by atoms with Gasteiger partial charge in [0, 0.05) is 12.1 Å². The molecule has 11 heavy (non-hydrogen) atoms. The van der Waals surface area contributed by atoms with E-state index < -0.39 is 0 Å². The quantitative estimate of drug-likeness (QED) is 0.519. The van der Waals surface area contributed by atoms with Gasteiger partial charge in [-0.1, -0.05) is 0 Å². The van der Waals surface area contributed by atoms with Gasteiger partial charge in [0.2, 0.25) is 0 Å². The molecular formula is C8H12NO2-. The van der Waals surface area contributed by atoms with Gasteiger partial charge in [-0.05, 0) is 25.7 Å². The molecule has 4 heterocycles. The van der Waals surface area contributed by atoms with Gasteiger partial charge in [-0.25, -0.2) is 0 Å². The van der Waals surface area contributed by atoms with Crippen LogP contribution in [0.2, 0.25) is 0 Å². The molecule has 0 atom stereocenters. The lowest BCUT2D eigenvalue weighted by atomic mass is 9.80. The smallest absolute Gasteiger partial charge is 0.0608 e. The predicted octanol–water partition coefficient (Wildman–Crippen LogP) is 0.878. The number of hydrogen-bond acceptors (Lipinski definition) is 3. The zero-order chi connectivity index (χ0) is 7.42. The van der Waals surface area contributed by atoms with Crippen molar-refractivity contribution in [2.45, 2.75) is 50.0 Å². The van der Waals surface area contributed by atoms with E-state index in [-0.39, 0.29) is 0 Å². The molecule has 4 saturated heterocycles. The monoisotopic (exact) mass is 154 g/mol. The van der Waals surface area contributed by atoms with Crippen LogP contribution >= 0.6 is 0 Å². The molecule has 4 aliphatic rings. The molecule has 0 unspecified atom stereocenters. The zero-order valence-corrected chi connectivity index (χ0v) is 6.40. The van der Waals surface area contributed by atoms with Crippen LogP contribution in [0.25, 0.3) is 0 Å². The molecule has 3 heteroatoms. The second-order valence-corrected chi connectivity index (χ2v) is 3.99. The van der Waals surface area contributed by atoms with E-state index >= 15 is 0 Å². The summed E-state index contributed by atoms with van der Waals surface area (Å²) in [6.07, 6.45) is 4.77. The van der Waals surface area contributed by atoms with Crippen molar-refractivity contribution < 1.29 is 4.74 Å². The molecule has 0 spiro atoms. The lowest BCUT2D eigenvalue weighted by Gasteiger charge is -2.59. The minimum Gasteiger partial charge on any atom is -0.785 e. The fourth-order valence-corrected chi connectivity index (χ4v) is 2.81. The van der Waals surface area contributed by atoms with Gasteiger partial charge in [0.15, 0.2) is 0 Å². The number of nitrogens with zero attached hydrogens (tertiary/aromatic N) is 1. The second kappa shape index (κ2) is 1.97. The Morgan fingerprint density at radius 2 is 1.45 bits per heavy atom.